The summed E-state index contributed by atoms with van der Waals surface area (Å²) in [5.41, 5.74) is 0.0533. The molecule has 1 saturated carbocycles. The third-order valence-electron chi connectivity index (χ3n) is 2.87. The summed E-state index contributed by atoms with van der Waals surface area (Å²) in [6.07, 6.45) is 9.60. The lowest BCUT2D eigenvalue weighted by Crippen LogP contribution is -2.32. The van der Waals surface area contributed by atoms with Crippen molar-refractivity contribution in [1.82, 2.24) is 0 Å². The molecule has 0 aromatic carbocycles. The first-order valence-electron chi connectivity index (χ1n) is 5.17. The van der Waals surface area contributed by atoms with E-state index in [1.165, 1.54) is 19.3 Å². The molecule has 13 heavy (non-hydrogen) atoms. The van der Waals surface area contributed by atoms with Gasteiger partial charge in [-0.3, -0.25) is 0 Å². The van der Waals surface area contributed by atoms with Gasteiger partial charge in [0, 0.05) is 5.41 Å². The molecule has 0 spiro atoms. The second-order valence-electron chi connectivity index (χ2n) is 4.00. The van der Waals surface area contributed by atoms with Crippen molar-refractivity contribution in [1.29, 1.82) is 0 Å². The minimum Gasteiger partial charge on any atom is -0.501 e. The predicted molar refractivity (Wildman–Crippen MR) is 53.4 cm³/mol. The maximum Gasteiger partial charge on any atom is 0.0951 e. The molecule has 2 nitrogen and oxygen atoms in total. The molecule has 0 atom stereocenters. The summed E-state index contributed by atoms with van der Waals surface area (Å²) in [5, 5.41) is 9.34. The van der Waals surface area contributed by atoms with Gasteiger partial charge in [-0.2, -0.15) is 0 Å². The first-order valence-corrected chi connectivity index (χ1v) is 5.17. The van der Waals surface area contributed by atoms with Gasteiger partial charge in [0.25, 0.3) is 0 Å². The maximum atomic E-state index is 9.34. The van der Waals surface area contributed by atoms with E-state index in [1.807, 2.05) is 13.0 Å². The molecule has 0 unspecified atom stereocenters. The van der Waals surface area contributed by atoms with Crippen molar-refractivity contribution in [3.63, 3.8) is 0 Å². The molecule has 0 radical (unpaired) electrons. The van der Waals surface area contributed by atoms with Gasteiger partial charge in [0.05, 0.1) is 19.5 Å². The molecule has 0 bridgehead atoms. The van der Waals surface area contributed by atoms with Gasteiger partial charge < -0.3 is 9.84 Å². The lowest BCUT2D eigenvalue weighted by Gasteiger charge is -2.34. The monoisotopic (exact) mass is 184 g/mol. The largest absolute Gasteiger partial charge is 0.501 e. The summed E-state index contributed by atoms with van der Waals surface area (Å²) in [7, 11) is 0. The smallest absolute Gasteiger partial charge is 0.0951 e. The fraction of sp³-hybridized carbons (Fsp3) is 0.818. The Morgan fingerprint density at radius 3 is 2.54 bits per heavy atom. The number of allylic oxidation sites excluding steroid dienone is 1. The van der Waals surface area contributed by atoms with E-state index in [1.54, 1.807) is 6.26 Å². The normalized spacial score (nSPS) is 22.0. The summed E-state index contributed by atoms with van der Waals surface area (Å²) < 4.78 is 5.38. The van der Waals surface area contributed by atoms with Crippen LogP contribution in [-0.4, -0.2) is 18.3 Å². The highest BCUT2D eigenvalue weighted by Gasteiger charge is 2.31. The van der Waals surface area contributed by atoms with Crippen LogP contribution in [0.5, 0.6) is 0 Å². The molecule has 76 valence electrons. The standard InChI is InChI=1S/C11H20O2/c1-2-8-13-10-11(9-12)6-4-3-5-7-11/h2,8,12H,3-7,9-10H2,1H3. The van der Waals surface area contributed by atoms with E-state index in [0.29, 0.717) is 6.61 Å². The van der Waals surface area contributed by atoms with Crippen molar-refractivity contribution in [3.8, 4) is 0 Å². The Balaban J connectivity index is 2.38. The zero-order valence-electron chi connectivity index (χ0n) is 8.46. The van der Waals surface area contributed by atoms with Crippen molar-refractivity contribution in [2.45, 2.75) is 39.0 Å². The van der Waals surface area contributed by atoms with Gasteiger partial charge in [-0.05, 0) is 19.8 Å². The molecular weight excluding hydrogens is 164 g/mol. The lowest BCUT2D eigenvalue weighted by molar-refractivity contribution is 0.0164. The van der Waals surface area contributed by atoms with Gasteiger partial charge >= 0.3 is 0 Å². The minimum atomic E-state index is 0.0533. The van der Waals surface area contributed by atoms with Crippen LogP contribution >= 0.6 is 0 Å². The average molecular weight is 184 g/mol. The molecule has 0 amide bonds. The summed E-state index contributed by atoms with van der Waals surface area (Å²) in [6.45, 7) is 2.88. The van der Waals surface area contributed by atoms with Gasteiger partial charge in [-0.15, -0.1) is 0 Å². The van der Waals surface area contributed by atoms with Crippen LogP contribution < -0.4 is 0 Å². The molecule has 1 rings (SSSR count). The second-order valence-corrected chi connectivity index (χ2v) is 4.00. The van der Waals surface area contributed by atoms with Crippen LogP contribution in [0.1, 0.15) is 39.0 Å². The Kier molecular flexibility index (Phi) is 4.29. The molecule has 0 aliphatic heterocycles. The Hall–Kier alpha value is -0.500. The zero-order valence-corrected chi connectivity index (χ0v) is 8.46. The van der Waals surface area contributed by atoms with Gasteiger partial charge in [0.15, 0.2) is 0 Å². The molecular formula is C11H20O2. The SMILES string of the molecule is CC=COCC1(CO)CCCCC1. The third kappa shape index (κ3) is 3.03. The first-order chi connectivity index (χ1) is 6.33. The Bertz CT molecular complexity index is 157. The molecule has 2 heteroatoms. The van der Waals surface area contributed by atoms with Crippen LogP contribution in [0.2, 0.25) is 0 Å². The van der Waals surface area contributed by atoms with Gasteiger partial charge in [-0.25, -0.2) is 0 Å². The van der Waals surface area contributed by atoms with Gasteiger partial charge in [0.1, 0.15) is 0 Å². The average Bonchev–Trinajstić information content (AvgIpc) is 2.20. The number of aliphatic hydroxyl groups is 1. The minimum absolute atomic E-state index is 0.0533. The van der Waals surface area contributed by atoms with E-state index in [4.69, 9.17) is 4.74 Å². The topological polar surface area (TPSA) is 29.5 Å². The van der Waals surface area contributed by atoms with E-state index < -0.39 is 0 Å². The van der Waals surface area contributed by atoms with Gasteiger partial charge in [0.2, 0.25) is 0 Å². The second kappa shape index (κ2) is 5.28. The highest BCUT2D eigenvalue weighted by molar-refractivity contribution is 4.83. The highest BCUT2D eigenvalue weighted by Crippen LogP contribution is 2.35. The molecule has 0 saturated heterocycles. The van der Waals surface area contributed by atoms with Gasteiger partial charge in [-0.1, -0.05) is 25.3 Å². The number of hydrogen-bond donors (Lipinski definition) is 1. The lowest BCUT2D eigenvalue weighted by atomic mass is 9.75. The fourth-order valence-corrected chi connectivity index (χ4v) is 1.97. The molecule has 0 heterocycles. The quantitative estimate of drug-likeness (QED) is 0.680. The Morgan fingerprint density at radius 2 is 2.00 bits per heavy atom. The molecule has 1 fully saturated rings. The summed E-state index contributed by atoms with van der Waals surface area (Å²) in [4.78, 5) is 0. The maximum absolute atomic E-state index is 9.34. The highest BCUT2D eigenvalue weighted by atomic mass is 16.5. The molecule has 1 N–H and O–H groups in total. The van der Waals surface area contributed by atoms with Crippen LogP contribution in [-0.2, 0) is 4.74 Å². The fourth-order valence-electron chi connectivity index (χ4n) is 1.97. The number of rotatable bonds is 4. The van der Waals surface area contributed by atoms with E-state index in [-0.39, 0.29) is 12.0 Å². The number of hydrogen-bond acceptors (Lipinski definition) is 2. The molecule has 0 aromatic rings. The van der Waals surface area contributed by atoms with Crippen molar-refractivity contribution >= 4 is 0 Å². The van der Waals surface area contributed by atoms with Crippen molar-refractivity contribution in [2.75, 3.05) is 13.2 Å². The first kappa shape index (κ1) is 10.6. The summed E-state index contributed by atoms with van der Waals surface area (Å²) in [6, 6.07) is 0. The molecule has 1 aliphatic rings. The van der Waals surface area contributed by atoms with Crippen LogP contribution in [0.25, 0.3) is 0 Å². The Labute approximate surface area is 80.6 Å². The van der Waals surface area contributed by atoms with E-state index in [2.05, 4.69) is 0 Å². The number of aliphatic hydroxyl groups excluding tert-OH is 1. The number of ether oxygens (including phenoxy) is 1. The summed E-state index contributed by atoms with van der Waals surface area (Å²) >= 11 is 0. The van der Waals surface area contributed by atoms with E-state index in [9.17, 15) is 5.11 Å². The van der Waals surface area contributed by atoms with Crippen molar-refractivity contribution in [3.05, 3.63) is 12.3 Å². The van der Waals surface area contributed by atoms with Crippen LogP contribution in [0, 0.1) is 5.41 Å². The molecule has 0 aromatic heterocycles. The van der Waals surface area contributed by atoms with Crippen LogP contribution in [0.3, 0.4) is 0 Å². The predicted octanol–water partition coefficient (Wildman–Crippen LogP) is 2.48. The van der Waals surface area contributed by atoms with Crippen molar-refractivity contribution < 1.29 is 9.84 Å². The van der Waals surface area contributed by atoms with E-state index in [0.717, 1.165) is 12.8 Å². The van der Waals surface area contributed by atoms with Crippen LogP contribution in [0.15, 0.2) is 12.3 Å². The Morgan fingerprint density at radius 1 is 1.31 bits per heavy atom. The third-order valence-corrected chi connectivity index (χ3v) is 2.87. The zero-order chi connectivity index (χ0) is 9.57. The molecule has 1 aliphatic carbocycles. The van der Waals surface area contributed by atoms with Crippen molar-refractivity contribution in [2.24, 2.45) is 5.41 Å². The van der Waals surface area contributed by atoms with Crippen LogP contribution in [0.4, 0.5) is 0 Å². The van der Waals surface area contributed by atoms with E-state index >= 15 is 0 Å². The summed E-state index contributed by atoms with van der Waals surface area (Å²) in [5.74, 6) is 0.